The maximum absolute atomic E-state index is 12.0. The average molecular weight is 251 g/mol. The van der Waals surface area contributed by atoms with Crippen LogP contribution < -0.4 is 5.32 Å². The SMILES string of the molecule is CC(O)CNC(=O)CC12CC3CC(CC(C3)C1)C2. The Labute approximate surface area is 109 Å². The van der Waals surface area contributed by atoms with Gasteiger partial charge in [-0.05, 0) is 68.6 Å². The van der Waals surface area contributed by atoms with Gasteiger partial charge >= 0.3 is 0 Å². The first kappa shape index (κ1) is 12.5. The van der Waals surface area contributed by atoms with Gasteiger partial charge in [-0.2, -0.15) is 0 Å². The zero-order valence-electron chi connectivity index (χ0n) is 11.3. The number of hydrogen-bond donors (Lipinski definition) is 2. The second-order valence-electron chi connectivity index (χ2n) is 7.25. The van der Waals surface area contributed by atoms with Crippen LogP contribution in [0.15, 0.2) is 0 Å². The minimum Gasteiger partial charge on any atom is -0.392 e. The Morgan fingerprint density at radius 3 is 2.17 bits per heavy atom. The van der Waals surface area contributed by atoms with Crippen molar-refractivity contribution in [3.8, 4) is 0 Å². The maximum atomic E-state index is 12.0. The van der Waals surface area contributed by atoms with Crippen LogP contribution in [0.1, 0.15) is 51.9 Å². The van der Waals surface area contributed by atoms with E-state index < -0.39 is 6.10 Å². The lowest BCUT2D eigenvalue weighted by Crippen LogP contribution is -2.48. The Morgan fingerprint density at radius 1 is 1.22 bits per heavy atom. The normalized spacial score (nSPS) is 42.9. The van der Waals surface area contributed by atoms with Gasteiger partial charge in [0.1, 0.15) is 0 Å². The summed E-state index contributed by atoms with van der Waals surface area (Å²) in [5, 5.41) is 12.1. The third-order valence-corrected chi connectivity index (χ3v) is 5.30. The highest BCUT2D eigenvalue weighted by atomic mass is 16.3. The van der Waals surface area contributed by atoms with Crippen LogP contribution in [0.25, 0.3) is 0 Å². The van der Waals surface area contributed by atoms with Gasteiger partial charge in [-0.1, -0.05) is 0 Å². The van der Waals surface area contributed by atoms with Gasteiger partial charge in [-0.15, -0.1) is 0 Å². The van der Waals surface area contributed by atoms with E-state index in [1.165, 1.54) is 38.5 Å². The summed E-state index contributed by atoms with van der Waals surface area (Å²) in [5.41, 5.74) is 0.317. The number of carbonyl (C=O) groups is 1. The number of nitrogens with one attached hydrogen (secondary N) is 1. The lowest BCUT2D eigenvalue weighted by molar-refractivity contribution is -0.129. The van der Waals surface area contributed by atoms with Gasteiger partial charge in [0.05, 0.1) is 6.10 Å². The molecule has 4 fully saturated rings. The van der Waals surface area contributed by atoms with Crippen LogP contribution in [-0.4, -0.2) is 23.7 Å². The summed E-state index contributed by atoms with van der Waals surface area (Å²) in [7, 11) is 0. The predicted octanol–water partition coefficient (Wildman–Crippen LogP) is 2.09. The van der Waals surface area contributed by atoms with Gasteiger partial charge in [0.15, 0.2) is 0 Å². The van der Waals surface area contributed by atoms with E-state index in [4.69, 9.17) is 0 Å². The molecular formula is C15H25NO2. The lowest BCUT2D eigenvalue weighted by atomic mass is 9.49. The molecule has 0 spiro atoms. The molecule has 0 aromatic rings. The van der Waals surface area contributed by atoms with Crippen molar-refractivity contribution in [2.24, 2.45) is 23.2 Å². The minimum absolute atomic E-state index is 0.151. The molecule has 3 nitrogen and oxygen atoms in total. The Kier molecular flexibility index (Phi) is 3.13. The molecule has 0 heterocycles. The molecule has 1 unspecified atom stereocenters. The molecule has 1 amide bonds. The summed E-state index contributed by atoms with van der Waals surface area (Å²) >= 11 is 0. The Morgan fingerprint density at radius 2 is 1.72 bits per heavy atom. The Hall–Kier alpha value is -0.570. The number of carbonyl (C=O) groups excluding carboxylic acids is 1. The van der Waals surface area contributed by atoms with E-state index >= 15 is 0 Å². The fraction of sp³-hybridized carbons (Fsp3) is 0.933. The molecular weight excluding hydrogens is 226 g/mol. The zero-order chi connectivity index (χ0) is 12.8. The van der Waals surface area contributed by atoms with E-state index in [1.54, 1.807) is 6.92 Å². The third kappa shape index (κ3) is 2.42. The highest BCUT2D eigenvalue weighted by Gasteiger charge is 2.51. The number of aliphatic hydroxyl groups is 1. The summed E-state index contributed by atoms with van der Waals surface area (Å²) in [5.74, 6) is 2.86. The van der Waals surface area contributed by atoms with E-state index in [1.807, 2.05) is 0 Å². The van der Waals surface area contributed by atoms with E-state index in [0.717, 1.165) is 17.8 Å². The van der Waals surface area contributed by atoms with Gasteiger partial charge in [0.25, 0.3) is 0 Å². The molecule has 0 aromatic heterocycles. The van der Waals surface area contributed by atoms with E-state index in [9.17, 15) is 9.90 Å². The van der Waals surface area contributed by atoms with Gasteiger partial charge in [-0.3, -0.25) is 4.79 Å². The molecule has 4 aliphatic rings. The molecule has 4 bridgehead atoms. The van der Waals surface area contributed by atoms with Crippen LogP contribution in [0.4, 0.5) is 0 Å². The summed E-state index contributed by atoms with van der Waals surface area (Å²) in [4.78, 5) is 12.0. The fourth-order valence-corrected chi connectivity index (χ4v) is 5.17. The molecule has 0 saturated heterocycles. The van der Waals surface area contributed by atoms with Gasteiger partial charge in [-0.25, -0.2) is 0 Å². The highest BCUT2D eigenvalue weighted by Crippen LogP contribution is 2.61. The van der Waals surface area contributed by atoms with E-state index in [0.29, 0.717) is 18.4 Å². The van der Waals surface area contributed by atoms with Crippen LogP contribution in [0, 0.1) is 23.2 Å². The molecule has 0 radical (unpaired) electrons. The van der Waals surface area contributed by atoms with Crippen molar-refractivity contribution in [2.75, 3.05) is 6.54 Å². The molecule has 2 N–H and O–H groups in total. The topological polar surface area (TPSA) is 49.3 Å². The zero-order valence-corrected chi connectivity index (χ0v) is 11.3. The number of rotatable bonds is 4. The largest absolute Gasteiger partial charge is 0.392 e. The third-order valence-electron chi connectivity index (χ3n) is 5.30. The summed E-state index contributed by atoms with van der Waals surface area (Å²) < 4.78 is 0. The molecule has 3 heteroatoms. The number of amides is 1. The quantitative estimate of drug-likeness (QED) is 0.804. The smallest absolute Gasteiger partial charge is 0.220 e. The van der Waals surface area contributed by atoms with Crippen molar-refractivity contribution in [1.82, 2.24) is 5.32 Å². The monoisotopic (exact) mass is 251 g/mol. The molecule has 4 aliphatic carbocycles. The number of hydrogen-bond acceptors (Lipinski definition) is 2. The second kappa shape index (κ2) is 4.52. The number of aliphatic hydroxyl groups excluding tert-OH is 1. The Balaban J connectivity index is 1.60. The molecule has 4 rings (SSSR count). The van der Waals surface area contributed by atoms with Crippen LogP contribution in [0.5, 0.6) is 0 Å². The van der Waals surface area contributed by atoms with E-state index in [-0.39, 0.29) is 5.91 Å². The molecule has 0 aliphatic heterocycles. The van der Waals surface area contributed by atoms with E-state index in [2.05, 4.69) is 5.32 Å². The molecule has 18 heavy (non-hydrogen) atoms. The first-order chi connectivity index (χ1) is 8.55. The van der Waals surface area contributed by atoms with Gasteiger partial charge in [0, 0.05) is 13.0 Å². The maximum Gasteiger partial charge on any atom is 0.220 e. The van der Waals surface area contributed by atoms with Crippen molar-refractivity contribution >= 4 is 5.91 Å². The molecule has 1 atom stereocenters. The predicted molar refractivity (Wildman–Crippen MR) is 69.9 cm³/mol. The van der Waals surface area contributed by atoms with Crippen LogP contribution >= 0.6 is 0 Å². The van der Waals surface area contributed by atoms with Crippen molar-refractivity contribution in [2.45, 2.75) is 58.0 Å². The summed E-state index contributed by atoms with van der Waals surface area (Å²) in [6.07, 6.45) is 8.37. The van der Waals surface area contributed by atoms with Gasteiger partial charge < -0.3 is 10.4 Å². The van der Waals surface area contributed by atoms with Crippen molar-refractivity contribution in [1.29, 1.82) is 0 Å². The summed E-state index contributed by atoms with van der Waals surface area (Å²) in [6.45, 7) is 2.11. The molecule has 4 saturated carbocycles. The molecule has 102 valence electrons. The molecule has 0 aromatic carbocycles. The lowest BCUT2D eigenvalue weighted by Gasteiger charge is -2.56. The second-order valence-corrected chi connectivity index (χ2v) is 7.25. The van der Waals surface area contributed by atoms with Crippen molar-refractivity contribution in [3.05, 3.63) is 0 Å². The van der Waals surface area contributed by atoms with Gasteiger partial charge in [0.2, 0.25) is 5.91 Å². The van der Waals surface area contributed by atoms with Crippen LogP contribution in [0.3, 0.4) is 0 Å². The average Bonchev–Trinajstić information content (AvgIpc) is 2.23. The fourth-order valence-electron chi connectivity index (χ4n) is 5.17. The van der Waals surface area contributed by atoms with Crippen LogP contribution in [-0.2, 0) is 4.79 Å². The van der Waals surface area contributed by atoms with Crippen molar-refractivity contribution < 1.29 is 9.90 Å². The summed E-state index contributed by atoms with van der Waals surface area (Å²) in [6, 6.07) is 0. The van der Waals surface area contributed by atoms with Crippen LogP contribution in [0.2, 0.25) is 0 Å². The highest BCUT2D eigenvalue weighted by molar-refractivity contribution is 5.76. The minimum atomic E-state index is -0.440. The Bertz CT molecular complexity index is 302. The van der Waals surface area contributed by atoms with Crippen molar-refractivity contribution in [3.63, 3.8) is 0 Å². The first-order valence-corrected chi connectivity index (χ1v) is 7.49. The standard InChI is InChI=1S/C15H25NO2/c1-10(17)9-16-14(18)8-15-5-11-2-12(6-15)4-13(3-11)7-15/h10-13,17H,2-9H2,1H3,(H,16,18). The first-order valence-electron chi connectivity index (χ1n) is 7.49.